The lowest BCUT2D eigenvalue weighted by Crippen LogP contribution is -2.26. The second-order valence-electron chi connectivity index (χ2n) is 4.84. The fraction of sp³-hybridized carbons (Fsp3) is 0.375. The molecular weight excluding hydrogens is 318 g/mol. The predicted molar refractivity (Wildman–Crippen MR) is 94.0 cm³/mol. The number of nitrogens with two attached hydrogens (primary N) is 1. The number of rotatable bonds is 7. The van der Waals surface area contributed by atoms with Crippen molar-refractivity contribution in [3.8, 4) is 0 Å². The number of benzene rings is 1. The zero-order valence-electron chi connectivity index (χ0n) is 12.7. The lowest BCUT2D eigenvalue weighted by atomic mass is 10.1. The average Bonchev–Trinajstić information content (AvgIpc) is 2.97. The van der Waals surface area contributed by atoms with Crippen molar-refractivity contribution in [2.24, 2.45) is 5.73 Å². The molecule has 0 saturated carbocycles. The number of carbonyl (C=O) groups is 1. The molecule has 120 valence electrons. The molecule has 0 radical (unpaired) electrons. The van der Waals surface area contributed by atoms with E-state index in [1.54, 1.807) is 5.38 Å². The summed E-state index contributed by atoms with van der Waals surface area (Å²) < 4.78 is 0. The fourth-order valence-electron chi connectivity index (χ4n) is 2.01. The highest BCUT2D eigenvalue weighted by molar-refractivity contribution is 7.09. The van der Waals surface area contributed by atoms with E-state index < -0.39 is 0 Å². The Morgan fingerprint density at radius 2 is 1.91 bits per heavy atom. The average molecular weight is 340 g/mol. The highest BCUT2D eigenvalue weighted by Crippen LogP contribution is 2.10. The summed E-state index contributed by atoms with van der Waals surface area (Å²) in [7, 11) is 0. The molecule has 0 unspecified atom stereocenters. The van der Waals surface area contributed by atoms with Crippen molar-refractivity contribution in [3.05, 3.63) is 51.5 Å². The molecule has 0 aliphatic heterocycles. The van der Waals surface area contributed by atoms with Gasteiger partial charge in [-0.3, -0.25) is 4.79 Å². The van der Waals surface area contributed by atoms with Gasteiger partial charge >= 0.3 is 0 Å². The first-order valence-corrected chi connectivity index (χ1v) is 8.11. The molecule has 6 heteroatoms. The molecule has 0 atom stereocenters. The quantitative estimate of drug-likeness (QED) is 0.814. The molecule has 2 aromatic rings. The largest absolute Gasteiger partial charge is 0.350 e. The minimum absolute atomic E-state index is 0. The molecule has 4 nitrogen and oxygen atoms in total. The van der Waals surface area contributed by atoms with Crippen LogP contribution in [0.15, 0.2) is 29.6 Å². The molecule has 0 aliphatic carbocycles. The molecule has 0 saturated heterocycles. The van der Waals surface area contributed by atoms with Gasteiger partial charge in [-0.05, 0) is 30.5 Å². The molecule has 1 aromatic heterocycles. The second kappa shape index (κ2) is 9.56. The summed E-state index contributed by atoms with van der Waals surface area (Å²) in [5.74, 6) is -0.111. The van der Waals surface area contributed by atoms with Gasteiger partial charge in [0.05, 0.1) is 5.01 Å². The van der Waals surface area contributed by atoms with Gasteiger partial charge in [-0.1, -0.05) is 31.2 Å². The number of thiazole rings is 1. The van der Waals surface area contributed by atoms with Gasteiger partial charge in [-0.25, -0.2) is 4.98 Å². The second-order valence-corrected chi connectivity index (χ2v) is 5.78. The number of halogens is 1. The monoisotopic (exact) mass is 339 g/mol. The molecule has 1 aromatic carbocycles. The van der Waals surface area contributed by atoms with Gasteiger partial charge in [0, 0.05) is 18.3 Å². The smallest absolute Gasteiger partial charge is 0.270 e. The first-order chi connectivity index (χ1) is 10.2. The van der Waals surface area contributed by atoms with E-state index in [1.165, 1.54) is 22.5 Å². The molecule has 0 bridgehead atoms. The van der Waals surface area contributed by atoms with Crippen molar-refractivity contribution < 1.29 is 4.79 Å². The number of aromatic nitrogens is 1. The molecule has 1 heterocycles. The Hall–Kier alpha value is -1.43. The highest BCUT2D eigenvalue weighted by atomic mass is 35.5. The predicted octanol–water partition coefficient (Wildman–Crippen LogP) is 2.60. The van der Waals surface area contributed by atoms with Crippen LogP contribution >= 0.6 is 23.7 Å². The summed E-state index contributed by atoms with van der Waals surface area (Å²) >= 11 is 1.48. The Morgan fingerprint density at radius 3 is 2.55 bits per heavy atom. The first kappa shape index (κ1) is 18.6. The number of hydrogen-bond acceptors (Lipinski definition) is 4. The van der Waals surface area contributed by atoms with E-state index in [0.717, 1.165) is 24.3 Å². The third-order valence-corrected chi connectivity index (χ3v) is 4.18. The first-order valence-electron chi connectivity index (χ1n) is 7.23. The Balaban J connectivity index is 0.00000242. The molecule has 1 amide bonds. The van der Waals surface area contributed by atoms with Crippen LogP contribution in [0, 0.1) is 0 Å². The van der Waals surface area contributed by atoms with Gasteiger partial charge < -0.3 is 11.1 Å². The number of amides is 1. The van der Waals surface area contributed by atoms with Crippen LogP contribution in [0.3, 0.4) is 0 Å². The minimum Gasteiger partial charge on any atom is -0.350 e. The summed E-state index contributed by atoms with van der Waals surface area (Å²) in [6, 6.07) is 8.51. The van der Waals surface area contributed by atoms with Crippen LogP contribution in [0.25, 0.3) is 0 Å². The molecule has 22 heavy (non-hydrogen) atoms. The fourth-order valence-corrected chi connectivity index (χ4v) is 2.80. The summed E-state index contributed by atoms with van der Waals surface area (Å²) in [6.07, 6.45) is 2.60. The Bertz CT molecular complexity index is 583. The number of nitrogens with one attached hydrogen (secondary N) is 1. The van der Waals surface area contributed by atoms with E-state index in [-0.39, 0.29) is 18.3 Å². The van der Waals surface area contributed by atoms with Gasteiger partial charge in [0.25, 0.3) is 5.91 Å². The van der Waals surface area contributed by atoms with Gasteiger partial charge in [0.15, 0.2) is 0 Å². The Morgan fingerprint density at radius 1 is 1.23 bits per heavy atom. The SMILES string of the molecule is CCc1ccc(CCNC(=O)c2csc(CCN)n2)cc1.Cl. The van der Waals surface area contributed by atoms with E-state index in [1.807, 2.05) is 0 Å². The van der Waals surface area contributed by atoms with Crippen molar-refractivity contribution >= 4 is 29.7 Å². The van der Waals surface area contributed by atoms with E-state index in [2.05, 4.69) is 41.5 Å². The van der Waals surface area contributed by atoms with E-state index in [4.69, 9.17) is 5.73 Å². The van der Waals surface area contributed by atoms with Gasteiger partial charge in [-0.15, -0.1) is 23.7 Å². The summed E-state index contributed by atoms with van der Waals surface area (Å²) in [5.41, 5.74) is 8.53. The number of aryl methyl sites for hydroxylation is 1. The Kier molecular flexibility index (Phi) is 8.09. The number of nitrogens with zero attached hydrogens (tertiary/aromatic N) is 1. The van der Waals surface area contributed by atoms with Gasteiger partial charge in [0.2, 0.25) is 0 Å². The third-order valence-electron chi connectivity index (χ3n) is 3.27. The van der Waals surface area contributed by atoms with Crippen LogP contribution in [0.1, 0.15) is 33.5 Å². The van der Waals surface area contributed by atoms with Crippen molar-refractivity contribution in [2.45, 2.75) is 26.2 Å². The van der Waals surface area contributed by atoms with Crippen molar-refractivity contribution in [2.75, 3.05) is 13.1 Å². The normalized spacial score (nSPS) is 10.1. The van der Waals surface area contributed by atoms with Crippen LogP contribution in [0.4, 0.5) is 0 Å². The molecule has 0 spiro atoms. The van der Waals surface area contributed by atoms with E-state index in [0.29, 0.717) is 18.8 Å². The maximum Gasteiger partial charge on any atom is 0.270 e. The zero-order valence-corrected chi connectivity index (χ0v) is 14.3. The van der Waals surface area contributed by atoms with Crippen LogP contribution in [-0.2, 0) is 19.3 Å². The molecule has 2 rings (SSSR count). The van der Waals surface area contributed by atoms with Crippen molar-refractivity contribution in [3.63, 3.8) is 0 Å². The van der Waals surface area contributed by atoms with E-state index >= 15 is 0 Å². The molecule has 0 fully saturated rings. The topological polar surface area (TPSA) is 68.0 Å². The summed E-state index contributed by atoms with van der Waals surface area (Å²) in [6.45, 7) is 3.32. The lowest BCUT2D eigenvalue weighted by molar-refractivity contribution is 0.0949. The lowest BCUT2D eigenvalue weighted by Gasteiger charge is -2.04. The van der Waals surface area contributed by atoms with Crippen LogP contribution in [-0.4, -0.2) is 24.0 Å². The number of hydrogen-bond donors (Lipinski definition) is 2. The number of carbonyl (C=O) groups excluding carboxylic acids is 1. The maximum atomic E-state index is 12.0. The van der Waals surface area contributed by atoms with E-state index in [9.17, 15) is 4.79 Å². The standard InChI is InChI=1S/C16H21N3OS.ClH/c1-2-12-3-5-13(6-4-12)8-10-18-16(20)14-11-21-15(19-14)7-9-17;/h3-6,11H,2,7-10,17H2,1H3,(H,18,20);1H. The third kappa shape index (κ3) is 5.40. The van der Waals surface area contributed by atoms with Gasteiger partial charge in [0.1, 0.15) is 5.69 Å². The van der Waals surface area contributed by atoms with Crippen molar-refractivity contribution in [1.29, 1.82) is 0 Å². The zero-order chi connectivity index (χ0) is 15.1. The molecule has 0 aliphatic rings. The van der Waals surface area contributed by atoms with Crippen LogP contribution in [0.2, 0.25) is 0 Å². The van der Waals surface area contributed by atoms with Crippen LogP contribution < -0.4 is 11.1 Å². The molecular formula is C16H22ClN3OS. The van der Waals surface area contributed by atoms with Gasteiger partial charge in [-0.2, -0.15) is 0 Å². The summed E-state index contributed by atoms with van der Waals surface area (Å²) in [5, 5.41) is 5.61. The van der Waals surface area contributed by atoms with Crippen LogP contribution in [0.5, 0.6) is 0 Å². The maximum absolute atomic E-state index is 12.0. The summed E-state index contributed by atoms with van der Waals surface area (Å²) in [4.78, 5) is 16.2. The minimum atomic E-state index is -0.111. The van der Waals surface area contributed by atoms with Crippen molar-refractivity contribution in [1.82, 2.24) is 10.3 Å². The molecule has 3 N–H and O–H groups in total. The Labute approximate surface area is 141 Å². The highest BCUT2D eigenvalue weighted by Gasteiger charge is 2.09.